The topological polar surface area (TPSA) is 36.7 Å². The van der Waals surface area contributed by atoms with Gasteiger partial charge in [-0.05, 0) is 43.4 Å². The Labute approximate surface area is 110 Å². The molecule has 1 aromatic rings. The lowest BCUT2D eigenvalue weighted by molar-refractivity contribution is 0.270. The van der Waals surface area contributed by atoms with Crippen molar-refractivity contribution in [2.24, 2.45) is 5.41 Å². The zero-order valence-corrected chi connectivity index (χ0v) is 11.1. The average molecular weight is 242 g/mol. The molecule has 1 aliphatic carbocycles. The standard InChI is InChI=1S/C16H22N2/c17-14-16(9-4-2-1-3-5-10-16)11-6-15-7-12-18-13-8-15/h7-8,12-13H,1-6,9-11H2. The van der Waals surface area contributed by atoms with Crippen LogP contribution in [0, 0.1) is 16.7 Å². The summed E-state index contributed by atoms with van der Waals surface area (Å²) in [7, 11) is 0. The molecule has 96 valence electrons. The summed E-state index contributed by atoms with van der Waals surface area (Å²) in [4.78, 5) is 4.04. The van der Waals surface area contributed by atoms with Gasteiger partial charge in [-0.15, -0.1) is 0 Å². The van der Waals surface area contributed by atoms with Gasteiger partial charge in [0.25, 0.3) is 0 Å². The van der Waals surface area contributed by atoms with Crippen LogP contribution in [-0.2, 0) is 6.42 Å². The number of rotatable bonds is 3. The number of nitriles is 1. The molecule has 0 saturated heterocycles. The molecular formula is C16H22N2. The molecular weight excluding hydrogens is 220 g/mol. The average Bonchev–Trinajstić information content (AvgIpc) is 2.40. The molecule has 0 spiro atoms. The highest BCUT2D eigenvalue weighted by Gasteiger charge is 2.29. The molecule has 2 nitrogen and oxygen atoms in total. The van der Waals surface area contributed by atoms with Crippen molar-refractivity contribution in [2.75, 3.05) is 0 Å². The summed E-state index contributed by atoms with van der Waals surface area (Å²) in [5.41, 5.74) is 1.24. The predicted molar refractivity (Wildman–Crippen MR) is 72.9 cm³/mol. The van der Waals surface area contributed by atoms with Gasteiger partial charge in [0.05, 0.1) is 11.5 Å². The molecule has 1 saturated carbocycles. The zero-order valence-electron chi connectivity index (χ0n) is 11.1. The predicted octanol–water partition coefficient (Wildman–Crippen LogP) is 4.27. The Balaban J connectivity index is 1.96. The second kappa shape index (κ2) is 6.54. The van der Waals surface area contributed by atoms with Crippen molar-refractivity contribution in [3.8, 4) is 6.07 Å². The molecule has 0 atom stereocenters. The number of hydrogen-bond donors (Lipinski definition) is 0. The van der Waals surface area contributed by atoms with Crippen LogP contribution >= 0.6 is 0 Å². The first-order valence-corrected chi connectivity index (χ1v) is 7.15. The Kier molecular flexibility index (Phi) is 4.75. The Morgan fingerprint density at radius 1 is 1.06 bits per heavy atom. The van der Waals surface area contributed by atoms with Gasteiger partial charge in [-0.3, -0.25) is 4.98 Å². The summed E-state index contributed by atoms with van der Waals surface area (Å²) in [6, 6.07) is 6.77. The Morgan fingerprint density at radius 2 is 1.67 bits per heavy atom. The molecule has 18 heavy (non-hydrogen) atoms. The molecule has 0 aromatic carbocycles. The van der Waals surface area contributed by atoms with Crippen molar-refractivity contribution in [3.05, 3.63) is 30.1 Å². The molecule has 0 radical (unpaired) electrons. The van der Waals surface area contributed by atoms with E-state index in [9.17, 15) is 5.26 Å². The number of aromatic nitrogens is 1. The Morgan fingerprint density at radius 3 is 2.28 bits per heavy atom. The van der Waals surface area contributed by atoms with Crippen LogP contribution in [-0.4, -0.2) is 4.98 Å². The molecule has 0 bridgehead atoms. The maximum absolute atomic E-state index is 9.57. The van der Waals surface area contributed by atoms with E-state index in [1.165, 1.54) is 37.7 Å². The number of hydrogen-bond acceptors (Lipinski definition) is 2. The molecule has 1 aromatic heterocycles. The summed E-state index contributed by atoms with van der Waals surface area (Å²) < 4.78 is 0. The van der Waals surface area contributed by atoms with Gasteiger partial charge in [0.1, 0.15) is 0 Å². The second-order valence-electron chi connectivity index (χ2n) is 5.52. The second-order valence-corrected chi connectivity index (χ2v) is 5.52. The van der Waals surface area contributed by atoms with E-state index in [0.717, 1.165) is 25.7 Å². The van der Waals surface area contributed by atoms with Crippen molar-refractivity contribution >= 4 is 0 Å². The number of aryl methyl sites for hydroxylation is 1. The van der Waals surface area contributed by atoms with E-state index in [4.69, 9.17) is 0 Å². The lowest BCUT2D eigenvalue weighted by Crippen LogP contribution is -2.21. The van der Waals surface area contributed by atoms with E-state index in [2.05, 4.69) is 23.2 Å². The van der Waals surface area contributed by atoms with Crippen molar-refractivity contribution in [3.63, 3.8) is 0 Å². The van der Waals surface area contributed by atoms with Crippen LogP contribution in [0.3, 0.4) is 0 Å². The van der Waals surface area contributed by atoms with E-state index in [1.807, 2.05) is 12.4 Å². The van der Waals surface area contributed by atoms with E-state index < -0.39 is 0 Å². The Hall–Kier alpha value is -1.36. The fourth-order valence-corrected chi connectivity index (χ4v) is 2.93. The normalized spacial score (nSPS) is 19.5. The lowest BCUT2D eigenvalue weighted by atomic mass is 9.74. The molecule has 2 heteroatoms. The quantitative estimate of drug-likeness (QED) is 0.793. The minimum atomic E-state index is -0.0658. The third kappa shape index (κ3) is 3.57. The Bertz CT molecular complexity index is 383. The minimum Gasteiger partial charge on any atom is -0.265 e. The van der Waals surface area contributed by atoms with Crippen LogP contribution in [0.15, 0.2) is 24.5 Å². The molecule has 1 fully saturated rings. The molecule has 0 amide bonds. The SMILES string of the molecule is N#CC1(CCc2ccncc2)CCCCCCC1. The van der Waals surface area contributed by atoms with Gasteiger partial charge >= 0.3 is 0 Å². The maximum atomic E-state index is 9.57. The van der Waals surface area contributed by atoms with Crippen molar-refractivity contribution in [2.45, 2.75) is 57.8 Å². The van der Waals surface area contributed by atoms with Crippen LogP contribution in [0.2, 0.25) is 0 Å². The van der Waals surface area contributed by atoms with Gasteiger partial charge in [0, 0.05) is 12.4 Å². The molecule has 1 aliphatic rings. The highest BCUT2D eigenvalue weighted by molar-refractivity contribution is 5.11. The van der Waals surface area contributed by atoms with Crippen LogP contribution in [0.25, 0.3) is 0 Å². The van der Waals surface area contributed by atoms with E-state index in [-0.39, 0.29) is 5.41 Å². The van der Waals surface area contributed by atoms with Crippen molar-refractivity contribution in [1.82, 2.24) is 4.98 Å². The van der Waals surface area contributed by atoms with Gasteiger partial charge in [-0.1, -0.05) is 32.1 Å². The van der Waals surface area contributed by atoms with Crippen molar-refractivity contribution in [1.29, 1.82) is 5.26 Å². The van der Waals surface area contributed by atoms with E-state index in [0.29, 0.717) is 0 Å². The lowest BCUT2D eigenvalue weighted by Gasteiger charge is -2.28. The monoisotopic (exact) mass is 242 g/mol. The number of nitrogens with zero attached hydrogens (tertiary/aromatic N) is 2. The van der Waals surface area contributed by atoms with E-state index >= 15 is 0 Å². The fraction of sp³-hybridized carbons (Fsp3) is 0.625. The summed E-state index contributed by atoms with van der Waals surface area (Å²) in [6.45, 7) is 0. The van der Waals surface area contributed by atoms with Crippen LogP contribution in [0.4, 0.5) is 0 Å². The smallest absolute Gasteiger partial charge is 0.0689 e. The molecule has 0 aliphatic heterocycles. The highest BCUT2D eigenvalue weighted by atomic mass is 14.6. The minimum absolute atomic E-state index is 0.0658. The number of pyridine rings is 1. The highest BCUT2D eigenvalue weighted by Crippen LogP contribution is 2.37. The van der Waals surface area contributed by atoms with Crippen LogP contribution in [0.1, 0.15) is 56.9 Å². The molecule has 2 rings (SSSR count). The van der Waals surface area contributed by atoms with Gasteiger partial charge in [0.2, 0.25) is 0 Å². The van der Waals surface area contributed by atoms with Gasteiger partial charge in [-0.2, -0.15) is 5.26 Å². The first-order chi connectivity index (χ1) is 8.85. The molecule has 0 N–H and O–H groups in total. The largest absolute Gasteiger partial charge is 0.265 e. The fourth-order valence-electron chi connectivity index (χ4n) is 2.93. The van der Waals surface area contributed by atoms with Crippen LogP contribution < -0.4 is 0 Å². The summed E-state index contributed by atoms with van der Waals surface area (Å²) in [6.07, 6.45) is 14.3. The van der Waals surface area contributed by atoms with Crippen LogP contribution in [0.5, 0.6) is 0 Å². The molecule has 1 heterocycles. The maximum Gasteiger partial charge on any atom is 0.0689 e. The molecule has 0 unspecified atom stereocenters. The third-order valence-electron chi connectivity index (χ3n) is 4.19. The van der Waals surface area contributed by atoms with Gasteiger partial charge in [-0.25, -0.2) is 0 Å². The summed E-state index contributed by atoms with van der Waals surface area (Å²) in [5.74, 6) is 0. The van der Waals surface area contributed by atoms with Gasteiger partial charge in [0.15, 0.2) is 0 Å². The summed E-state index contributed by atoms with van der Waals surface area (Å²) >= 11 is 0. The van der Waals surface area contributed by atoms with Crippen molar-refractivity contribution < 1.29 is 0 Å². The first-order valence-electron chi connectivity index (χ1n) is 7.15. The summed E-state index contributed by atoms with van der Waals surface area (Å²) in [5, 5.41) is 9.57. The first kappa shape index (κ1) is 13.1. The zero-order chi connectivity index (χ0) is 12.7. The van der Waals surface area contributed by atoms with Gasteiger partial charge < -0.3 is 0 Å². The third-order valence-corrected chi connectivity index (χ3v) is 4.19. The van der Waals surface area contributed by atoms with E-state index in [1.54, 1.807) is 0 Å².